The van der Waals surface area contributed by atoms with Gasteiger partial charge in [-0.05, 0) is 52.7 Å². The van der Waals surface area contributed by atoms with E-state index in [0.717, 1.165) is 29.5 Å². The summed E-state index contributed by atoms with van der Waals surface area (Å²) in [6, 6.07) is 3.99. The molecule has 2 atom stereocenters. The van der Waals surface area contributed by atoms with E-state index in [1.165, 1.54) is 0 Å². The van der Waals surface area contributed by atoms with Crippen LogP contribution in [0.4, 0.5) is 0 Å². The highest BCUT2D eigenvalue weighted by atomic mass is 32.1. The van der Waals surface area contributed by atoms with E-state index < -0.39 is 17.9 Å². The molecule has 2 unspecified atom stereocenters. The van der Waals surface area contributed by atoms with Crippen molar-refractivity contribution >= 4 is 24.6 Å². The van der Waals surface area contributed by atoms with Crippen LogP contribution in [0.1, 0.15) is 103 Å². The molecule has 2 N–H and O–H groups in total. The number of benzene rings is 1. The van der Waals surface area contributed by atoms with E-state index in [9.17, 15) is 19.8 Å². The molecule has 33 heavy (non-hydrogen) atoms. The first-order valence-electron chi connectivity index (χ1n) is 11.7. The molecule has 0 aliphatic carbocycles. The summed E-state index contributed by atoms with van der Waals surface area (Å²) in [6.45, 7) is 18.0. The van der Waals surface area contributed by atoms with E-state index in [-0.39, 0.29) is 34.0 Å². The lowest BCUT2D eigenvalue weighted by molar-refractivity contribution is -0.143. The van der Waals surface area contributed by atoms with E-state index in [4.69, 9.17) is 4.74 Å². The SMILES string of the molecule is C=C(S)C(=O)OCCC(CC(CCCC)C(=O)O)c1cc(C(C)(C)C)c(O)c(C(C)(C)C)c1. The number of carboxylic acids is 1. The molecule has 0 heterocycles. The van der Waals surface area contributed by atoms with Crippen LogP contribution in [-0.2, 0) is 25.2 Å². The first-order valence-corrected chi connectivity index (χ1v) is 12.2. The highest BCUT2D eigenvalue weighted by Crippen LogP contribution is 2.42. The summed E-state index contributed by atoms with van der Waals surface area (Å²) in [5.74, 6) is -1.73. The molecule has 0 bridgehead atoms. The number of phenolic OH excluding ortho intramolecular Hbond substituents is 1. The third-order valence-electron chi connectivity index (χ3n) is 5.98. The van der Waals surface area contributed by atoms with E-state index in [2.05, 4.69) is 60.8 Å². The van der Waals surface area contributed by atoms with Crippen molar-refractivity contribution in [3.05, 3.63) is 40.3 Å². The molecule has 0 spiro atoms. The molecule has 186 valence electrons. The van der Waals surface area contributed by atoms with Gasteiger partial charge in [-0.2, -0.15) is 0 Å². The Balaban J connectivity index is 3.49. The lowest BCUT2D eigenvalue weighted by atomic mass is 9.75. The van der Waals surface area contributed by atoms with Gasteiger partial charge < -0.3 is 14.9 Å². The maximum atomic E-state index is 12.0. The Morgan fingerprint density at radius 3 is 1.97 bits per heavy atom. The van der Waals surface area contributed by atoms with Gasteiger partial charge in [0, 0.05) is 0 Å². The van der Waals surface area contributed by atoms with Crippen molar-refractivity contribution in [2.45, 2.75) is 97.3 Å². The fourth-order valence-electron chi connectivity index (χ4n) is 3.97. The van der Waals surface area contributed by atoms with E-state index in [1.54, 1.807) is 0 Å². The predicted octanol–water partition coefficient (Wildman–Crippen LogP) is 6.73. The molecule has 1 aromatic carbocycles. The van der Waals surface area contributed by atoms with Gasteiger partial charge in [0.25, 0.3) is 0 Å². The van der Waals surface area contributed by atoms with Crippen LogP contribution in [0.2, 0.25) is 0 Å². The molecule has 1 rings (SSSR count). The summed E-state index contributed by atoms with van der Waals surface area (Å²) in [4.78, 5) is 23.9. The number of ether oxygens (including phenoxy) is 1. The van der Waals surface area contributed by atoms with Crippen molar-refractivity contribution in [1.82, 2.24) is 0 Å². The number of phenols is 1. The number of carbonyl (C=O) groups excluding carboxylic acids is 1. The van der Waals surface area contributed by atoms with Crippen LogP contribution in [0.5, 0.6) is 5.75 Å². The second kappa shape index (κ2) is 12.0. The number of unbranched alkanes of at least 4 members (excludes halogenated alkanes) is 1. The van der Waals surface area contributed by atoms with E-state index >= 15 is 0 Å². The molecule has 0 aliphatic rings. The van der Waals surface area contributed by atoms with Gasteiger partial charge in [0.1, 0.15) is 5.75 Å². The number of hydrogen-bond donors (Lipinski definition) is 3. The highest BCUT2D eigenvalue weighted by Gasteiger charge is 2.30. The van der Waals surface area contributed by atoms with Crippen LogP contribution in [-0.4, -0.2) is 28.8 Å². The highest BCUT2D eigenvalue weighted by molar-refractivity contribution is 7.85. The summed E-state index contributed by atoms with van der Waals surface area (Å²) in [5.41, 5.74) is 2.03. The number of esters is 1. The molecule has 0 fully saturated rings. The van der Waals surface area contributed by atoms with Crippen LogP contribution >= 0.6 is 12.6 Å². The van der Waals surface area contributed by atoms with Gasteiger partial charge in [-0.1, -0.05) is 80.0 Å². The van der Waals surface area contributed by atoms with Crippen LogP contribution < -0.4 is 0 Å². The molecular weight excluding hydrogens is 436 g/mol. The van der Waals surface area contributed by atoms with Crippen LogP contribution in [0.15, 0.2) is 23.6 Å². The Morgan fingerprint density at radius 1 is 1.06 bits per heavy atom. The van der Waals surface area contributed by atoms with Crippen LogP contribution in [0.25, 0.3) is 0 Å². The van der Waals surface area contributed by atoms with E-state index in [0.29, 0.717) is 19.3 Å². The third-order valence-corrected chi connectivity index (χ3v) is 6.16. The molecule has 6 heteroatoms. The summed E-state index contributed by atoms with van der Waals surface area (Å²) in [7, 11) is 0. The average Bonchev–Trinajstić information content (AvgIpc) is 2.67. The van der Waals surface area contributed by atoms with Gasteiger partial charge in [0.15, 0.2) is 0 Å². The van der Waals surface area contributed by atoms with Crippen molar-refractivity contribution in [3.8, 4) is 5.75 Å². The second-order valence-electron chi connectivity index (χ2n) is 10.9. The normalized spacial score (nSPS) is 13.9. The molecular formula is C27H42O5S. The minimum atomic E-state index is -0.806. The van der Waals surface area contributed by atoms with Gasteiger partial charge in [-0.25, -0.2) is 4.79 Å². The number of aromatic hydroxyl groups is 1. The van der Waals surface area contributed by atoms with Crippen molar-refractivity contribution < 1.29 is 24.5 Å². The minimum absolute atomic E-state index is 0.0348. The van der Waals surface area contributed by atoms with Crippen molar-refractivity contribution in [3.63, 3.8) is 0 Å². The first-order chi connectivity index (χ1) is 15.1. The zero-order valence-electron chi connectivity index (χ0n) is 21.3. The van der Waals surface area contributed by atoms with Crippen LogP contribution in [0.3, 0.4) is 0 Å². The summed E-state index contributed by atoms with van der Waals surface area (Å²) < 4.78 is 5.29. The monoisotopic (exact) mass is 478 g/mol. The smallest absolute Gasteiger partial charge is 0.343 e. The molecule has 5 nitrogen and oxygen atoms in total. The fourth-order valence-corrected chi connectivity index (χ4v) is 4.03. The number of aliphatic carboxylic acids is 1. The Morgan fingerprint density at radius 2 is 1.58 bits per heavy atom. The molecule has 0 aliphatic heterocycles. The Bertz CT molecular complexity index is 810. The molecule has 0 aromatic heterocycles. The van der Waals surface area contributed by atoms with Crippen LogP contribution in [0, 0.1) is 5.92 Å². The Hall–Kier alpha value is -1.95. The van der Waals surface area contributed by atoms with Gasteiger partial charge in [-0.3, -0.25) is 4.79 Å². The summed E-state index contributed by atoms with van der Waals surface area (Å²) >= 11 is 3.94. The summed E-state index contributed by atoms with van der Waals surface area (Å²) in [5, 5.41) is 20.9. The lowest BCUT2D eigenvalue weighted by Gasteiger charge is -2.30. The lowest BCUT2D eigenvalue weighted by Crippen LogP contribution is -2.21. The van der Waals surface area contributed by atoms with Gasteiger partial charge in [0.2, 0.25) is 0 Å². The molecule has 0 amide bonds. The maximum absolute atomic E-state index is 12.0. The molecule has 0 saturated heterocycles. The predicted molar refractivity (Wildman–Crippen MR) is 137 cm³/mol. The number of carbonyl (C=O) groups is 2. The number of hydrogen-bond acceptors (Lipinski definition) is 5. The quantitative estimate of drug-likeness (QED) is 0.187. The van der Waals surface area contributed by atoms with Crippen molar-refractivity contribution in [2.24, 2.45) is 5.92 Å². The minimum Gasteiger partial charge on any atom is -0.507 e. The van der Waals surface area contributed by atoms with Gasteiger partial charge in [-0.15, -0.1) is 12.6 Å². The Labute approximate surface area is 205 Å². The van der Waals surface area contributed by atoms with Crippen molar-refractivity contribution in [2.75, 3.05) is 6.61 Å². The standard InChI is InChI=1S/C27H42O5S/c1-9-10-11-19(24(29)30)14-18(12-13-32-25(31)17(2)33)20-15-21(26(3,4)5)23(28)22(16-20)27(6,7)8/h15-16,18-19,28,33H,2,9-14H2,1,3-8H3,(H,29,30). The molecule has 0 radical (unpaired) electrons. The number of carboxylic acid groups (broad SMARTS) is 1. The third kappa shape index (κ3) is 8.73. The first kappa shape index (κ1) is 29.1. The topological polar surface area (TPSA) is 83.8 Å². The average molecular weight is 479 g/mol. The largest absolute Gasteiger partial charge is 0.507 e. The Kier molecular flexibility index (Phi) is 10.5. The summed E-state index contributed by atoms with van der Waals surface area (Å²) in [6.07, 6.45) is 3.28. The molecule has 1 aromatic rings. The molecule has 0 saturated carbocycles. The zero-order chi connectivity index (χ0) is 25.6. The number of thiol groups is 1. The van der Waals surface area contributed by atoms with Gasteiger partial charge in [0.05, 0.1) is 17.4 Å². The van der Waals surface area contributed by atoms with Crippen molar-refractivity contribution in [1.29, 1.82) is 0 Å². The number of rotatable bonds is 11. The van der Waals surface area contributed by atoms with Gasteiger partial charge >= 0.3 is 11.9 Å². The zero-order valence-corrected chi connectivity index (χ0v) is 22.2. The second-order valence-corrected chi connectivity index (χ2v) is 11.5. The fraction of sp³-hybridized carbons (Fsp3) is 0.630. The van der Waals surface area contributed by atoms with E-state index in [1.807, 2.05) is 19.1 Å². The maximum Gasteiger partial charge on any atom is 0.343 e.